The van der Waals surface area contributed by atoms with E-state index >= 15 is 0 Å². The highest BCUT2D eigenvalue weighted by atomic mass is 32.1. The van der Waals surface area contributed by atoms with Gasteiger partial charge in [-0.1, -0.05) is 13.8 Å². The van der Waals surface area contributed by atoms with E-state index in [9.17, 15) is 9.90 Å². The van der Waals surface area contributed by atoms with Gasteiger partial charge in [-0.15, -0.1) is 0 Å². The number of hydrogen-bond donors (Lipinski definition) is 3. The number of hydrogen-bond acceptors (Lipinski definition) is 7. The van der Waals surface area contributed by atoms with Gasteiger partial charge in [-0.3, -0.25) is 4.79 Å². The average molecular weight is 321 g/mol. The van der Waals surface area contributed by atoms with Crippen molar-refractivity contribution in [3.05, 3.63) is 24.2 Å². The zero-order valence-corrected chi connectivity index (χ0v) is 13.5. The maximum atomic E-state index is 12.2. The van der Waals surface area contributed by atoms with E-state index in [-0.39, 0.29) is 29.4 Å². The number of carbonyl (C=O) groups excluding carboxylic acids is 1. The summed E-state index contributed by atoms with van der Waals surface area (Å²) >= 11 is 1.28. The van der Waals surface area contributed by atoms with Crippen LogP contribution in [0.3, 0.4) is 0 Å². The Bertz CT molecular complexity index is 646. The molecule has 0 aliphatic carbocycles. The van der Waals surface area contributed by atoms with Crippen molar-refractivity contribution < 1.29 is 9.90 Å². The van der Waals surface area contributed by atoms with Crippen molar-refractivity contribution in [2.24, 2.45) is 5.92 Å². The highest BCUT2D eigenvalue weighted by molar-refractivity contribution is 7.09. The lowest BCUT2D eigenvalue weighted by atomic mass is 10.0. The number of rotatable bonds is 6. The second-order valence-corrected chi connectivity index (χ2v) is 5.70. The largest absolute Gasteiger partial charge is 0.504 e. The zero-order chi connectivity index (χ0) is 16.1. The Hall–Kier alpha value is -2.22. The van der Waals surface area contributed by atoms with E-state index in [0.29, 0.717) is 5.13 Å². The van der Waals surface area contributed by atoms with Crippen LogP contribution in [0, 0.1) is 5.92 Å². The van der Waals surface area contributed by atoms with Crippen LogP contribution in [-0.4, -0.2) is 31.4 Å². The molecule has 0 unspecified atom stereocenters. The Morgan fingerprint density at radius 1 is 1.45 bits per heavy atom. The third kappa shape index (κ3) is 3.91. The van der Waals surface area contributed by atoms with E-state index in [1.165, 1.54) is 23.8 Å². The molecule has 1 amide bonds. The van der Waals surface area contributed by atoms with Crippen molar-refractivity contribution in [2.45, 2.75) is 33.2 Å². The maximum absolute atomic E-state index is 12.2. The number of pyridine rings is 1. The lowest BCUT2D eigenvalue weighted by molar-refractivity contribution is -0.119. The molecular formula is C14H19N5O2S. The number of aromatic hydroxyl groups is 1. The number of anilines is 2. The van der Waals surface area contributed by atoms with Gasteiger partial charge in [0.2, 0.25) is 11.0 Å². The summed E-state index contributed by atoms with van der Waals surface area (Å²) in [4.78, 5) is 20.5. The summed E-state index contributed by atoms with van der Waals surface area (Å²) in [5.74, 6) is 0.330. The lowest BCUT2D eigenvalue weighted by Gasteiger charge is -2.20. The first-order chi connectivity index (χ1) is 10.5. The molecule has 0 saturated carbocycles. The van der Waals surface area contributed by atoms with Crippen molar-refractivity contribution in [2.75, 3.05) is 10.6 Å². The zero-order valence-electron chi connectivity index (χ0n) is 12.7. The molecule has 22 heavy (non-hydrogen) atoms. The third-order valence-corrected chi connectivity index (χ3v) is 4.01. The average Bonchev–Trinajstić information content (AvgIpc) is 2.96. The molecule has 118 valence electrons. The molecule has 2 atom stereocenters. The van der Waals surface area contributed by atoms with Gasteiger partial charge in [0, 0.05) is 30.2 Å². The van der Waals surface area contributed by atoms with Crippen LogP contribution in [0.2, 0.25) is 0 Å². The van der Waals surface area contributed by atoms with Crippen molar-refractivity contribution >= 4 is 28.4 Å². The van der Waals surface area contributed by atoms with Gasteiger partial charge in [-0.05, 0) is 19.1 Å². The van der Waals surface area contributed by atoms with Crippen LogP contribution in [-0.2, 0) is 11.2 Å². The molecule has 0 bridgehead atoms. The fourth-order valence-corrected chi connectivity index (χ4v) is 2.47. The van der Waals surface area contributed by atoms with E-state index in [4.69, 9.17) is 0 Å². The predicted molar refractivity (Wildman–Crippen MR) is 86.1 cm³/mol. The fraction of sp³-hybridized carbons (Fsp3) is 0.429. The monoisotopic (exact) mass is 321 g/mol. The molecule has 0 aromatic carbocycles. The molecule has 0 radical (unpaired) electrons. The molecule has 2 aromatic rings. The Morgan fingerprint density at radius 3 is 2.86 bits per heavy atom. The Morgan fingerprint density at radius 2 is 2.23 bits per heavy atom. The van der Waals surface area contributed by atoms with Gasteiger partial charge >= 0.3 is 0 Å². The first-order valence-corrected chi connectivity index (χ1v) is 7.82. The van der Waals surface area contributed by atoms with E-state index < -0.39 is 0 Å². The summed E-state index contributed by atoms with van der Waals surface area (Å²) in [5, 5.41) is 16.1. The number of nitrogens with one attached hydrogen (secondary N) is 2. The molecule has 0 aliphatic rings. The maximum Gasteiger partial charge on any atom is 0.230 e. The van der Waals surface area contributed by atoms with E-state index in [1.807, 2.05) is 13.8 Å². The summed E-state index contributed by atoms with van der Waals surface area (Å²) < 4.78 is 4.20. The Kier molecular flexibility index (Phi) is 5.26. The van der Waals surface area contributed by atoms with Gasteiger partial charge in [-0.25, -0.2) is 9.97 Å². The number of amides is 1. The second-order valence-electron chi connectivity index (χ2n) is 4.95. The second kappa shape index (κ2) is 7.17. The Labute approximate surface area is 133 Å². The smallest absolute Gasteiger partial charge is 0.230 e. The van der Waals surface area contributed by atoms with E-state index in [2.05, 4.69) is 25.0 Å². The summed E-state index contributed by atoms with van der Waals surface area (Å²) in [6.45, 7) is 5.69. The fourth-order valence-electron chi connectivity index (χ4n) is 1.73. The molecular weight excluding hydrogens is 302 g/mol. The Balaban J connectivity index is 1.96. The van der Waals surface area contributed by atoms with Crippen LogP contribution >= 0.6 is 11.5 Å². The molecule has 8 heteroatoms. The standard InChI is InChI=1S/C14H19N5O2S/c1-4-11-17-14(22-19-11)16-9(3)8(2)13(21)18-12-10(20)6-5-7-15-12/h5-9,20H,4H2,1-3H3,(H,15,18,21)(H,16,17,19)/t8-,9+/m1/s1. The first kappa shape index (κ1) is 16.2. The molecule has 0 spiro atoms. The number of aromatic nitrogens is 3. The highest BCUT2D eigenvalue weighted by Crippen LogP contribution is 2.21. The van der Waals surface area contributed by atoms with Crippen molar-refractivity contribution in [1.82, 2.24) is 14.3 Å². The van der Waals surface area contributed by atoms with Crippen molar-refractivity contribution in [3.63, 3.8) is 0 Å². The van der Waals surface area contributed by atoms with Crippen LogP contribution in [0.25, 0.3) is 0 Å². The molecule has 0 fully saturated rings. The summed E-state index contributed by atoms with van der Waals surface area (Å²) in [6.07, 6.45) is 2.29. The minimum Gasteiger partial charge on any atom is -0.504 e. The normalized spacial score (nSPS) is 13.4. The molecule has 2 heterocycles. The molecule has 0 aliphatic heterocycles. The molecule has 3 N–H and O–H groups in total. The van der Waals surface area contributed by atoms with Gasteiger partial charge in [0.25, 0.3) is 0 Å². The predicted octanol–water partition coefficient (Wildman–Crippen LogP) is 2.28. The van der Waals surface area contributed by atoms with Gasteiger partial charge in [0.15, 0.2) is 11.6 Å². The SMILES string of the molecule is CCc1nsc(N[C@@H](C)[C@@H](C)C(=O)Nc2ncccc2O)n1. The van der Waals surface area contributed by atoms with Crippen LogP contribution in [0.4, 0.5) is 10.9 Å². The van der Waals surface area contributed by atoms with Gasteiger partial charge < -0.3 is 15.7 Å². The quantitative estimate of drug-likeness (QED) is 0.755. The molecule has 7 nitrogen and oxygen atoms in total. The topological polar surface area (TPSA) is 100 Å². The number of nitrogens with zero attached hydrogens (tertiary/aromatic N) is 3. The lowest BCUT2D eigenvalue weighted by Crippen LogP contribution is -2.34. The van der Waals surface area contributed by atoms with Crippen LogP contribution in [0.1, 0.15) is 26.6 Å². The summed E-state index contributed by atoms with van der Waals surface area (Å²) in [6, 6.07) is 2.94. The number of carbonyl (C=O) groups is 1. The van der Waals surface area contributed by atoms with E-state index in [0.717, 1.165) is 12.2 Å². The van der Waals surface area contributed by atoms with Crippen molar-refractivity contribution in [1.29, 1.82) is 0 Å². The number of aryl methyl sites for hydroxylation is 1. The van der Waals surface area contributed by atoms with Gasteiger partial charge in [-0.2, -0.15) is 4.37 Å². The highest BCUT2D eigenvalue weighted by Gasteiger charge is 2.22. The van der Waals surface area contributed by atoms with E-state index in [1.54, 1.807) is 13.0 Å². The summed E-state index contributed by atoms with van der Waals surface area (Å²) in [5.41, 5.74) is 0. The van der Waals surface area contributed by atoms with Crippen molar-refractivity contribution in [3.8, 4) is 5.75 Å². The molecule has 2 aromatic heterocycles. The van der Waals surface area contributed by atoms with Crippen LogP contribution in [0.15, 0.2) is 18.3 Å². The van der Waals surface area contributed by atoms with Gasteiger partial charge in [0.1, 0.15) is 5.82 Å². The molecule has 2 rings (SSSR count). The van der Waals surface area contributed by atoms with Crippen LogP contribution in [0.5, 0.6) is 5.75 Å². The molecule has 0 saturated heterocycles. The third-order valence-electron chi connectivity index (χ3n) is 3.33. The van der Waals surface area contributed by atoms with Crippen LogP contribution < -0.4 is 10.6 Å². The minimum atomic E-state index is -0.338. The first-order valence-electron chi connectivity index (χ1n) is 7.05. The van der Waals surface area contributed by atoms with Gasteiger partial charge in [0.05, 0.1) is 5.92 Å². The summed E-state index contributed by atoms with van der Waals surface area (Å²) in [7, 11) is 0. The minimum absolute atomic E-state index is 0.0552.